The average Bonchev–Trinajstić information content (AvgIpc) is 3.20. The third kappa shape index (κ3) is 1.53. The molecule has 0 bridgehead atoms. The molecule has 0 unspecified atom stereocenters. The molecule has 7 atom stereocenters. The largest absolute Gasteiger partial charge is 0.369 e. The van der Waals surface area contributed by atoms with Gasteiger partial charge in [-0.3, -0.25) is 0 Å². The molecule has 1 spiro atoms. The average molecular weight is 288 g/mol. The van der Waals surface area contributed by atoms with Crippen molar-refractivity contribution in [3.63, 3.8) is 0 Å². The van der Waals surface area contributed by atoms with Crippen LogP contribution in [-0.2, 0) is 4.74 Å². The van der Waals surface area contributed by atoms with Gasteiger partial charge in [0.05, 0.1) is 12.2 Å². The van der Waals surface area contributed by atoms with Crippen molar-refractivity contribution in [1.29, 1.82) is 0 Å². The maximum absolute atomic E-state index is 6.04. The quantitative estimate of drug-likeness (QED) is 0.559. The molecule has 21 heavy (non-hydrogen) atoms. The summed E-state index contributed by atoms with van der Waals surface area (Å²) in [5.74, 6) is 4.12. The van der Waals surface area contributed by atoms with E-state index in [1.54, 1.807) is 6.42 Å². The van der Waals surface area contributed by atoms with Gasteiger partial charge in [-0.2, -0.15) is 0 Å². The Morgan fingerprint density at radius 3 is 2.43 bits per heavy atom. The normalized spacial score (nSPS) is 62.0. The van der Waals surface area contributed by atoms with Crippen molar-refractivity contribution < 1.29 is 4.74 Å². The van der Waals surface area contributed by atoms with Crippen LogP contribution in [-0.4, -0.2) is 12.2 Å². The first-order valence-corrected chi connectivity index (χ1v) is 9.73. The number of fused-ring (bicyclic) bond motifs is 6. The minimum atomic E-state index is 0.340. The van der Waals surface area contributed by atoms with Crippen LogP contribution in [0.15, 0.2) is 0 Å². The van der Waals surface area contributed by atoms with Crippen molar-refractivity contribution in [2.24, 2.45) is 34.5 Å². The predicted molar refractivity (Wildman–Crippen MR) is 85.0 cm³/mol. The van der Waals surface area contributed by atoms with E-state index in [0.29, 0.717) is 16.4 Å². The lowest BCUT2D eigenvalue weighted by Gasteiger charge is -2.60. The number of hydrogen-bond acceptors (Lipinski definition) is 1. The van der Waals surface area contributed by atoms with E-state index in [9.17, 15) is 0 Å². The molecular formula is C20H32O. The van der Waals surface area contributed by atoms with Crippen LogP contribution < -0.4 is 0 Å². The van der Waals surface area contributed by atoms with Crippen LogP contribution in [0.2, 0.25) is 0 Å². The molecule has 0 aromatic heterocycles. The van der Waals surface area contributed by atoms with Gasteiger partial charge in [0.1, 0.15) is 0 Å². The molecule has 5 rings (SSSR count). The Balaban J connectivity index is 1.48. The molecule has 1 nitrogen and oxygen atoms in total. The Morgan fingerprint density at radius 2 is 1.62 bits per heavy atom. The highest BCUT2D eigenvalue weighted by Gasteiger charge is 2.69. The lowest BCUT2D eigenvalue weighted by Crippen LogP contribution is -2.53. The molecule has 0 amide bonds. The standard InChI is InChI=1S/C20H32O/c1-18-10-4-3-5-14(18)6-7-15-16(18)8-11-19(2)17(15)9-12-20(19)13-21-20/h14-17H,3-13H2,1-2H3/t14-,15-,16+,17-,18+,19+,20-/m1/s1. The molecule has 0 N–H and O–H groups in total. The van der Waals surface area contributed by atoms with Crippen molar-refractivity contribution >= 4 is 0 Å². The number of rotatable bonds is 0. The predicted octanol–water partition coefficient (Wildman–Crippen LogP) is 5.19. The zero-order chi connectivity index (χ0) is 14.3. The molecule has 5 aliphatic rings. The Morgan fingerprint density at radius 1 is 0.810 bits per heavy atom. The Bertz CT molecular complexity index is 453. The topological polar surface area (TPSA) is 12.5 Å². The van der Waals surface area contributed by atoms with Gasteiger partial charge in [0.25, 0.3) is 0 Å². The van der Waals surface area contributed by atoms with Crippen LogP contribution in [0.3, 0.4) is 0 Å². The first-order valence-electron chi connectivity index (χ1n) is 9.73. The van der Waals surface area contributed by atoms with Gasteiger partial charge in [-0.1, -0.05) is 26.7 Å². The highest BCUT2D eigenvalue weighted by molar-refractivity contribution is 5.18. The summed E-state index contributed by atoms with van der Waals surface area (Å²) >= 11 is 0. The van der Waals surface area contributed by atoms with Gasteiger partial charge in [-0.25, -0.2) is 0 Å². The first-order chi connectivity index (χ1) is 10.1. The van der Waals surface area contributed by atoms with Gasteiger partial charge in [-0.05, 0) is 80.5 Å². The molecular weight excluding hydrogens is 256 g/mol. The van der Waals surface area contributed by atoms with E-state index >= 15 is 0 Å². The zero-order valence-electron chi connectivity index (χ0n) is 14.0. The van der Waals surface area contributed by atoms with E-state index in [2.05, 4.69) is 13.8 Å². The molecule has 4 saturated carbocycles. The molecule has 0 aromatic carbocycles. The minimum absolute atomic E-state index is 0.340. The molecule has 0 radical (unpaired) electrons. The van der Waals surface area contributed by atoms with Crippen molar-refractivity contribution in [2.75, 3.05) is 6.61 Å². The van der Waals surface area contributed by atoms with E-state index in [1.165, 1.54) is 57.8 Å². The second kappa shape index (κ2) is 4.08. The highest BCUT2D eigenvalue weighted by Crippen LogP contribution is 2.71. The van der Waals surface area contributed by atoms with Crippen LogP contribution in [0.25, 0.3) is 0 Å². The zero-order valence-corrected chi connectivity index (χ0v) is 14.0. The van der Waals surface area contributed by atoms with Crippen molar-refractivity contribution in [3.8, 4) is 0 Å². The maximum Gasteiger partial charge on any atom is 0.0972 e. The van der Waals surface area contributed by atoms with Gasteiger partial charge in [0.15, 0.2) is 0 Å². The lowest BCUT2D eigenvalue weighted by molar-refractivity contribution is -0.113. The fourth-order valence-electron chi connectivity index (χ4n) is 7.95. The van der Waals surface area contributed by atoms with Crippen molar-refractivity contribution in [2.45, 2.75) is 83.7 Å². The van der Waals surface area contributed by atoms with Crippen LogP contribution in [0, 0.1) is 34.5 Å². The van der Waals surface area contributed by atoms with Crippen LogP contribution >= 0.6 is 0 Å². The van der Waals surface area contributed by atoms with Crippen molar-refractivity contribution in [3.05, 3.63) is 0 Å². The summed E-state index contributed by atoms with van der Waals surface area (Å²) in [6.07, 6.45) is 15.0. The highest BCUT2D eigenvalue weighted by atomic mass is 16.6. The molecule has 1 heterocycles. The summed E-state index contributed by atoms with van der Waals surface area (Å²) in [6, 6.07) is 0. The Hall–Kier alpha value is -0.0400. The molecule has 1 saturated heterocycles. The Kier molecular flexibility index (Phi) is 2.60. The molecule has 1 aliphatic heterocycles. The van der Waals surface area contributed by atoms with E-state index in [0.717, 1.165) is 30.3 Å². The SMILES string of the molecule is C[C@]12CCCC[C@@H]1CC[C@H]1[C@H]3CC[C@@]4(CO4)[C@@]3(C)CC[C@@H]12. The van der Waals surface area contributed by atoms with Crippen LogP contribution in [0.1, 0.15) is 78.1 Å². The van der Waals surface area contributed by atoms with Crippen LogP contribution in [0.5, 0.6) is 0 Å². The summed E-state index contributed by atoms with van der Waals surface area (Å²) in [5, 5.41) is 0. The fraction of sp³-hybridized carbons (Fsp3) is 1.00. The molecule has 0 aromatic rings. The summed E-state index contributed by atoms with van der Waals surface area (Å²) in [7, 11) is 0. The van der Waals surface area contributed by atoms with E-state index < -0.39 is 0 Å². The summed E-state index contributed by atoms with van der Waals surface area (Å²) in [5.41, 5.74) is 1.57. The second-order valence-electron chi connectivity index (χ2n) is 9.68. The third-order valence-electron chi connectivity index (χ3n) is 9.37. The minimum Gasteiger partial charge on any atom is -0.369 e. The van der Waals surface area contributed by atoms with Crippen molar-refractivity contribution in [1.82, 2.24) is 0 Å². The lowest BCUT2D eigenvalue weighted by atomic mass is 9.45. The summed E-state index contributed by atoms with van der Waals surface area (Å²) < 4.78 is 6.04. The maximum atomic E-state index is 6.04. The number of epoxide rings is 1. The molecule has 4 aliphatic carbocycles. The monoisotopic (exact) mass is 288 g/mol. The number of hydrogen-bond donors (Lipinski definition) is 0. The van der Waals surface area contributed by atoms with Gasteiger partial charge in [-0.15, -0.1) is 0 Å². The second-order valence-corrected chi connectivity index (χ2v) is 9.68. The fourth-order valence-corrected chi connectivity index (χ4v) is 7.95. The molecule has 5 fully saturated rings. The van der Waals surface area contributed by atoms with Gasteiger partial charge in [0, 0.05) is 5.41 Å². The van der Waals surface area contributed by atoms with Gasteiger partial charge >= 0.3 is 0 Å². The summed E-state index contributed by atoms with van der Waals surface area (Å²) in [4.78, 5) is 0. The smallest absolute Gasteiger partial charge is 0.0972 e. The van der Waals surface area contributed by atoms with Gasteiger partial charge < -0.3 is 4.74 Å². The Labute approximate surface area is 130 Å². The van der Waals surface area contributed by atoms with Gasteiger partial charge in [0.2, 0.25) is 0 Å². The summed E-state index contributed by atoms with van der Waals surface area (Å²) in [6.45, 7) is 6.37. The van der Waals surface area contributed by atoms with E-state index in [-0.39, 0.29) is 0 Å². The van der Waals surface area contributed by atoms with Crippen LogP contribution in [0.4, 0.5) is 0 Å². The third-order valence-corrected chi connectivity index (χ3v) is 9.37. The van der Waals surface area contributed by atoms with E-state index in [4.69, 9.17) is 4.74 Å². The first kappa shape index (κ1) is 13.4. The van der Waals surface area contributed by atoms with E-state index in [1.807, 2.05) is 0 Å². The number of ether oxygens (including phenoxy) is 1. The molecule has 118 valence electrons. The molecule has 1 heteroatoms.